The van der Waals surface area contributed by atoms with Crippen molar-refractivity contribution in [2.45, 2.75) is 25.6 Å². The molecule has 1 aliphatic heterocycles. The SMILES string of the molecule is NC(=O)C1CCN(Cc2cccnc2C(F)(F)F)CC1. The number of pyridine rings is 1. The van der Waals surface area contributed by atoms with Crippen LogP contribution < -0.4 is 5.73 Å². The fourth-order valence-electron chi connectivity index (χ4n) is 2.44. The molecule has 2 N–H and O–H groups in total. The Morgan fingerprint density at radius 2 is 2.05 bits per heavy atom. The van der Waals surface area contributed by atoms with Gasteiger partial charge in [0.05, 0.1) is 0 Å². The number of carbonyl (C=O) groups excluding carboxylic acids is 1. The van der Waals surface area contributed by atoms with Crippen LogP contribution in [0.1, 0.15) is 24.1 Å². The molecular weight excluding hydrogens is 271 g/mol. The van der Waals surface area contributed by atoms with Crippen LogP contribution >= 0.6 is 0 Å². The molecule has 0 unspecified atom stereocenters. The number of hydrogen-bond acceptors (Lipinski definition) is 3. The van der Waals surface area contributed by atoms with Crippen LogP contribution in [-0.2, 0) is 17.5 Å². The number of amides is 1. The molecule has 0 atom stereocenters. The van der Waals surface area contributed by atoms with E-state index in [1.165, 1.54) is 12.1 Å². The minimum atomic E-state index is -4.44. The molecule has 1 aromatic rings. The van der Waals surface area contributed by atoms with E-state index in [0.29, 0.717) is 25.9 Å². The van der Waals surface area contributed by atoms with Crippen LogP contribution in [0.3, 0.4) is 0 Å². The molecule has 0 saturated carbocycles. The first-order valence-electron chi connectivity index (χ1n) is 6.40. The molecule has 0 spiro atoms. The van der Waals surface area contributed by atoms with E-state index >= 15 is 0 Å². The Labute approximate surface area is 114 Å². The normalized spacial score (nSPS) is 18.1. The molecule has 1 amide bonds. The van der Waals surface area contributed by atoms with E-state index in [4.69, 9.17) is 5.73 Å². The van der Waals surface area contributed by atoms with Crippen molar-refractivity contribution in [2.24, 2.45) is 11.7 Å². The lowest BCUT2D eigenvalue weighted by atomic mass is 9.96. The first-order chi connectivity index (χ1) is 9.38. The molecular formula is C13H16F3N3O. The highest BCUT2D eigenvalue weighted by atomic mass is 19.4. The van der Waals surface area contributed by atoms with E-state index in [9.17, 15) is 18.0 Å². The summed E-state index contributed by atoms with van der Waals surface area (Å²) in [7, 11) is 0. The monoisotopic (exact) mass is 287 g/mol. The third kappa shape index (κ3) is 3.47. The zero-order valence-corrected chi connectivity index (χ0v) is 10.9. The van der Waals surface area contributed by atoms with Crippen LogP contribution in [-0.4, -0.2) is 28.9 Å². The van der Waals surface area contributed by atoms with Gasteiger partial charge < -0.3 is 5.73 Å². The average molecular weight is 287 g/mol. The van der Waals surface area contributed by atoms with Gasteiger partial charge in [0.1, 0.15) is 5.69 Å². The van der Waals surface area contributed by atoms with Crippen LogP contribution in [0.2, 0.25) is 0 Å². The van der Waals surface area contributed by atoms with E-state index in [2.05, 4.69) is 4.98 Å². The van der Waals surface area contributed by atoms with Gasteiger partial charge in [0.25, 0.3) is 0 Å². The Morgan fingerprint density at radius 1 is 1.40 bits per heavy atom. The Bertz CT molecular complexity index is 482. The number of nitrogens with zero attached hydrogens (tertiary/aromatic N) is 2. The predicted molar refractivity (Wildman–Crippen MR) is 66.4 cm³/mol. The Kier molecular flexibility index (Phi) is 4.27. The number of hydrogen-bond donors (Lipinski definition) is 1. The summed E-state index contributed by atoms with van der Waals surface area (Å²) in [5.41, 5.74) is 4.56. The van der Waals surface area contributed by atoms with Gasteiger partial charge in [-0.25, -0.2) is 0 Å². The molecule has 1 aliphatic rings. The molecule has 1 saturated heterocycles. The summed E-state index contributed by atoms with van der Waals surface area (Å²) in [6.45, 7) is 1.33. The second-order valence-corrected chi connectivity index (χ2v) is 4.96. The number of nitrogens with two attached hydrogens (primary N) is 1. The van der Waals surface area contributed by atoms with Gasteiger partial charge in [-0.3, -0.25) is 14.7 Å². The zero-order valence-electron chi connectivity index (χ0n) is 10.9. The molecule has 2 heterocycles. The number of likely N-dealkylation sites (tertiary alicyclic amines) is 1. The molecule has 7 heteroatoms. The van der Waals surface area contributed by atoms with Gasteiger partial charge in [-0.1, -0.05) is 6.07 Å². The van der Waals surface area contributed by atoms with Gasteiger partial charge in [-0.2, -0.15) is 13.2 Å². The summed E-state index contributed by atoms with van der Waals surface area (Å²) >= 11 is 0. The van der Waals surface area contributed by atoms with Crippen LogP contribution in [0.5, 0.6) is 0 Å². The number of aromatic nitrogens is 1. The van der Waals surface area contributed by atoms with Gasteiger partial charge in [0.2, 0.25) is 5.91 Å². The largest absolute Gasteiger partial charge is 0.433 e. The predicted octanol–water partition coefficient (Wildman–Crippen LogP) is 1.80. The fraction of sp³-hybridized carbons (Fsp3) is 0.538. The zero-order chi connectivity index (χ0) is 14.8. The number of alkyl halides is 3. The lowest BCUT2D eigenvalue weighted by molar-refractivity contribution is -0.142. The Hall–Kier alpha value is -1.63. The summed E-state index contributed by atoms with van der Waals surface area (Å²) in [5.74, 6) is -0.496. The summed E-state index contributed by atoms with van der Waals surface area (Å²) in [5, 5.41) is 0. The van der Waals surface area contributed by atoms with Crippen molar-refractivity contribution in [1.82, 2.24) is 9.88 Å². The van der Waals surface area contributed by atoms with Crippen molar-refractivity contribution in [3.63, 3.8) is 0 Å². The lowest BCUT2D eigenvalue weighted by Crippen LogP contribution is -2.38. The molecule has 0 aliphatic carbocycles. The third-order valence-electron chi connectivity index (χ3n) is 3.54. The van der Waals surface area contributed by atoms with E-state index in [1.807, 2.05) is 4.90 Å². The maximum absolute atomic E-state index is 12.8. The number of primary amides is 1. The second kappa shape index (κ2) is 5.78. The highest BCUT2D eigenvalue weighted by Crippen LogP contribution is 2.31. The van der Waals surface area contributed by atoms with Crippen LogP contribution in [0.4, 0.5) is 13.2 Å². The standard InChI is InChI=1S/C13H16F3N3O/c14-13(15,16)11-10(2-1-5-18-11)8-19-6-3-9(4-7-19)12(17)20/h1-2,5,9H,3-4,6-8H2,(H2,17,20). The number of halogens is 3. The van der Waals surface area contributed by atoms with Gasteiger partial charge in [0.15, 0.2) is 0 Å². The molecule has 1 aromatic heterocycles. The van der Waals surface area contributed by atoms with Crippen molar-refractivity contribution in [1.29, 1.82) is 0 Å². The minimum absolute atomic E-state index is 0.164. The van der Waals surface area contributed by atoms with Crippen molar-refractivity contribution in [3.05, 3.63) is 29.6 Å². The second-order valence-electron chi connectivity index (χ2n) is 4.96. The quantitative estimate of drug-likeness (QED) is 0.922. The van der Waals surface area contributed by atoms with Gasteiger partial charge >= 0.3 is 6.18 Å². The fourth-order valence-corrected chi connectivity index (χ4v) is 2.44. The number of piperidine rings is 1. The molecule has 2 rings (SSSR count). The van der Waals surface area contributed by atoms with E-state index in [0.717, 1.165) is 6.20 Å². The minimum Gasteiger partial charge on any atom is -0.369 e. The van der Waals surface area contributed by atoms with E-state index in [-0.39, 0.29) is 23.9 Å². The summed E-state index contributed by atoms with van der Waals surface area (Å²) < 4.78 is 38.5. The molecule has 0 aromatic carbocycles. The molecule has 20 heavy (non-hydrogen) atoms. The van der Waals surface area contributed by atoms with Gasteiger partial charge in [0, 0.05) is 18.7 Å². The summed E-state index contributed by atoms with van der Waals surface area (Å²) in [6, 6.07) is 2.94. The molecule has 4 nitrogen and oxygen atoms in total. The van der Waals surface area contributed by atoms with Crippen molar-refractivity contribution in [3.8, 4) is 0 Å². The van der Waals surface area contributed by atoms with Crippen LogP contribution in [0.25, 0.3) is 0 Å². The highest BCUT2D eigenvalue weighted by molar-refractivity contribution is 5.76. The molecule has 0 radical (unpaired) electrons. The topological polar surface area (TPSA) is 59.2 Å². The molecule has 110 valence electrons. The summed E-state index contributed by atoms with van der Waals surface area (Å²) in [6.07, 6.45) is -2.11. The average Bonchev–Trinajstić information content (AvgIpc) is 2.38. The Balaban J connectivity index is 2.03. The van der Waals surface area contributed by atoms with Crippen LogP contribution in [0.15, 0.2) is 18.3 Å². The maximum Gasteiger partial charge on any atom is 0.433 e. The lowest BCUT2D eigenvalue weighted by Gasteiger charge is -2.30. The smallest absolute Gasteiger partial charge is 0.369 e. The number of rotatable bonds is 3. The maximum atomic E-state index is 12.8. The first-order valence-corrected chi connectivity index (χ1v) is 6.40. The van der Waals surface area contributed by atoms with Crippen molar-refractivity contribution in [2.75, 3.05) is 13.1 Å². The first kappa shape index (κ1) is 14.8. The highest BCUT2D eigenvalue weighted by Gasteiger charge is 2.35. The van der Waals surface area contributed by atoms with E-state index in [1.54, 1.807) is 0 Å². The Morgan fingerprint density at radius 3 is 2.60 bits per heavy atom. The van der Waals surface area contributed by atoms with Crippen molar-refractivity contribution >= 4 is 5.91 Å². The van der Waals surface area contributed by atoms with Gasteiger partial charge in [-0.15, -0.1) is 0 Å². The third-order valence-corrected chi connectivity index (χ3v) is 3.54. The van der Waals surface area contributed by atoms with Crippen molar-refractivity contribution < 1.29 is 18.0 Å². The summed E-state index contributed by atoms with van der Waals surface area (Å²) in [4.78, 5) is 16.4. The number of carbonyl (C=O) groups is 1. The van der Waals surface area contributed by atoms with Crippen LogP contribution in [0, 0.1) is 5.92 Å². The van der Waals surface area contributed by atoms with Gasteiger partial charge in [-0.05, 0) is 37.6 Å². The molecule has 1 fully saturated rings. The molecule has 0 bridgehead atoms. The van der Waals surface area contributed by atoms with E-state index < -0.39 is 11.9 Å².